The van der Waals surface area contributed by atoms with Crippen LogP contribution < -0.4 is 10.2 Å². The first kappa shape index (κ1) is 22.6. The number of nitrogens with zero attached hydrogens (tertiary/aromatic N) is 5. The molecule has 37 heavy (non-hydrogen) atoms. The quantitative estimate of drug-likeness (QED) is 0.355. The molecular formula is C28H24N6O3. The summed E-state index contributed by atoms with van der Waals surface area (Å²) in [5.74, 6) is 1.59. The summed E-state index contributed by atoms with van der Waals surface area (Å²) < 4.78 is 13.2. The van der Waals surface area contributed by atoms with Gasteiger partial charge in [-0.25, -0.2) is 4.98 Å². The van der Waals surface area contributed by atoms with Crippen LogP contribution in [-0.2, 0) is 4.79 Å². The lowest BCUT2D eigenvalue weighted by atomic mass is 9.96. The van der Waals surface area contributed by atoms with E-state index in [2.05, 4.69) is 16.4 Å². The van der Waals surface area contributed by atoms with E-state index in [9.17, 15) is 10.1 Å². The second kappa shape index (κ2) is 9.32. The standard InChI is InChI=1S/C28H24N6O3/c1-18-7-5-13-34-24(18)31-23(19-8-3-2-4-9-19)25(34)32-26(35)20-11-14-33(15-12-20)28-21(17-29)30-27(37-28)22-10-6-16-36-22/h2-10,13,16,20H,11-12,14-15H2,1H3,(H,32,35). The van der Waals surface area contributed by atoms with Gasteiger partial charge in [0.25, 0.3) is 5.89 Å². The van der Waals surface area contributed by atoms with E-state index in [1.165, 1.54) is 6.26 Å². The molecule has 4 aromatic heterocycles. The lowest BCUT2D eigenvalue weighted by molar-refractivity contribution is -0.120. The number of anilines is 2. The SMILES string of the molecule is Cc1cccn2c(NC(=O)C3CCN(c4oc(-c5ccco5)nc4C#N)CC3)c(-c3ccccc3)nc12. The van der Waals surface area contributed by atoms with Gasteiger partial charge in [-0.2, -0.15) is 10.2 Å². The number of furan rings is 1. The number of oxazole rings is 1. The zero-order valence-electron chi connectivity index (χ0n) is 20.2. The van der Waals surface area contributed by atoms with Crippen LogP contribution in [0.1, 0.15) is 24.1 Å². The maximum Gasteiger partial charge on any atom is 0.266 e. The average molecular weight is 493 g/mol. The Morgan fingerprint density at radius 1 is 1.08 bits per heavy atom. The lowest BCUT2D eigenvalue weighted by Gasteiger charge is -2.31. The summed E-state index contributed by atoms with van der Waals surface area (Å²) in [4.78, 5) is 24.5. The van der Waals surface area contributed by atoms with E-state index in [1.807, 2.05) is 64.9 Å². The summed E-state index contributed by atoms with van der Waals surface area (Å²) >= 11 is 0. The van der Waals surface area contributed by atoms with Crippen molar-refractivity contribution in [2.24, 2.45) is 5.92 Å². The first-order chi connectivity index (χ1) is 18.1. The van der Waals surface area contributed by atoms with Gasteiger partial charge in [0.15, 0.2) is 5.76 Å². The third-order valence-corrected chi connectivity index (χ3v) is 6.73. The Balaban J connectivity index is 1.21. The second-order valence-corrected chi connectivity index (χ2v) is 9.07. The van der Waals surface area contributed by atoms with Crippen LogP contribution in [-0.4, -0.2) is 33.4 Å². The van der Waals surface area contributed by atoms with Crippen molar-refractivity contribution in [1.82, 2.24) is 14.4 Å². The summed E-state index contributed by atoms with van der Waals surface area (Å²) in [6, 6.07) is 19.4. The zero-order valence-corrected chi connectivity index (χ0v) is 20.2. The highest BCUT2D eigenvalue weighted by Crippen LogP contribution is 2.33. The number of nitriles is 1. The lowest BCUT2D eigenvalue weighted by Crippen LogP contribution is -2.38. The molecule has 1 aliphatic heterocycles. The smallest absolute Gasteiger partial charge is 0.266 e. The van der Waals surface area contributed by atoms with Crippen molar-refractivity contribution < 1.29 is 13.6 Å². The fourth-order valence-electron chi connectivity index (χ4n) is 4.79. The molecule has 184 valence electrons. The molecule has 5 heterocycles. The van der Waals surface area contributed by atoms with Crippen molar-refractivity contribution in [3.05, 3.63) is 78.3 Å². The van der Waals surface area contributed by atoms with Gasteiger partial charge >= 0.3 is 0 Å². The molecule has 1 amide bonds. The van der Waals surface area contributed by atoms with Gasteiger partial charge in [0.2, 0.25) is 17.5 Å². The minimum absolute atomic E-state index is 0.0468. The van der Waals surface area contributed by atoms with Crippen LogP contribution in [0.25, 0.3) is 28.6 Å². The summed E-state index contributed by atoms with van der Waals surface area (Å²) in [5.41, 5.74) is 3.74. The van der Waals surface area contributed by atoms with E-state index in [0.717, 1.165) is 22.5 Å². The molecule has 0 bridgehead atoms. The Labute approximate surface area is 213 Å². The normalized spacial score (nSPS) is 14.1. The highest BCUT2D eigenvalue weighted by molar-refractivity contribution is 5.96. The molecule has 0 atom stereocenters. The Morgan fingerprint density at radius 3 is 2.62 bits per heavy atom. The molecule has 0 unspecified atom stereocenters. The van der Waals surface area contributed by atoms with E-state index in [4.69, 9.17) is 13.8 Å². The van der Waals surface area contributed by atoms with Gasteiger partial charge in [-0.1, -0.05) is 36.4 Å². The Bertz CT molecular complexity index is 1600. The molecular weight excluding hydrogens is 468 g/mol. The molecule has 5 aromatic rings. The summed E-state index contributed by atoms with van der Waals surface area (Å²) in [5, 5.41) is 12.7. The summed E-state index contributed by atoms with van der Waals surface area (Å²) in [6.07, 6.45) is 4.68. The predicted octanol–water partition coefficient (Wildman–Crippen LogP) is 5.28. The fourth-order valence-corrected chi connectivity index (χ4v) is 4.79. The minimum Gasteiger partial charge on any atom is -0.459 e. The van der Waals surface area contributed by atoms with Crippen LogP contribution in [0.3, 0.4) is 0 Å². The Hall–Kier alpha value is -4.84. The number of amides is 1. The summed E-state index contributed by atoms with van der Waals surface area (Å²) in [6.45, 7) is 3.14. The van der Waals surface area contributed by atoms with E-state index >= 15 is 0 Å². The molecule has 6 rings (SSSR count). The third-order valence-electron chi connectivity index (χ3n) is 6.73. The molecule has 1 aliphatic rings. The topological polar surface area (TPSA) is 113 Å². The van der Waals surface area contributed by atoms with Crippen LogP contribution in [0.2, 0.25) is 0 Å². The highest BCUT2D eigenvalue weighted by atomic mass is 16.4. The molecule has 1 N–H and O–H groups in total. The molecule has 1 fully saturated rings. The minimum atomic E-state index is -0.187. The van der Waals surface area contributed by atoms with E-state index in [1.54, 1.807) is 12.1 Å². The number of carbonyl (C=O) groups excluding carboxylic acids is 1. The number of carbonyl (C=O) groups is 1. The van der Waals surface area contributed by atoms with Gasteiger partial charge in [-0.15, -0.1) is 0 Å². The van der Waals surface area contributed by atoms with Crippen LogP contribution >= 0.6 is 0 Å². The zero-order chi connectivity index (χ0) is 25.4. The van der Waals surface area contributed by atoms with Crippen molar-refractivity contribution in [2.75, 3.05) is 23.3 Å². The molecule has 1 aromatic carbocycles. The third kappa shape index (κ3) is 4.12. The number of imidazole rings is 1. The predicted molar refractivity (Wildman–Crippen MR) is 138 cm³/mol. The first-order valence-corrected chi connectivity index (χ1v) is 12.2. The fraction of sp³-hybridized carbons (Fsp3) is 0.214. The number of aryl methyl sites for hydroxylation is 1. The van der Waals surface area contributed by atoms with Gasteiger partial charge in [-0.05, 0) is 43.5 Å². The van der Waals surface area contributed by atoms with Crippen molar-refractivity contribution in [1.29, 1.82) is 5.26 Å². The number of aromatic nitrogens is 3. The van der Waals surface area contributed by atoms with Crippen LogP contribution in [0.4, 0.5) is 11.7 Å². The molecule has 0 spiro atoms. The number of nitrogens with one attached hydrogen (secondary N) is 1. The maximum atomic E-state index is 13.4. The summed E-state index contributed by atoms with van der Waals surface area (Å²) in [7, 11) is 0. The van der Waals surface area contributed by atoms with Gasteiger partial charge < -0.3 is 19.1 Å². The average Bonchev–Trinajstić information content (AvgIpc) is 3.69. The number of benzene rings is 1. The largest absolute Gasteiger partial charge is 0.459 e. The molecule has 9 nitrogen and oxygen atoms in total. The number of hydrogen-bond acceptors (Lipinski definition) is 7. The Morgan fingerprint density at radius 2 is 1.89 bits per heavy atom. The monoisotopic (exact) mass is 492 g/mol. The van der Waals surface area contributed by atoms with Gasteiger partial charge in [-0.3, -0.25) is 9.20 Å². The molecule has 0 radical (unpaired) electrons. The van der Waals surface area contributed by atoms with Gasteiger partial charge in [0.05, 0.1) is 6.26 Å². The van der Waals surface area contributed by atoms with Crippen molar-refractivity contribution in [2.45, 2.75) is 19.8 Å². The van der Waals surface area contributed by atoms with E-state index in [-0.39, 0.29) is 23.4 Å². The molecule has 0 saturated carbocycles. The van der Waals surface area contributed by atoms with Gasteiger partial charge in [0, 0.05) is 30.8 Å². The molecule has 9 heteroatoms. The van der Waals surface area contributed by atoms with Crippen LogP contribution in [0, 0.1) is 24.2 Å². The van der Waals surface area contributed by atoms with E-state index < -0.39 is 0 Å². The van der Waals surface area contributed by atoms with Crippen molar-refractivity contribution in [3.8, 4) is 29.0 Å². The second-order valence-electron chi connectivity index (χ2n) is 9.07. The number of pyridine rings is 1. The number of hydrogen-bond donors (Lipinski definition) is 1. The highest BCUT2D eigenvalue weighted by Gasteiger charge is 2.30. The molecule has 1 saturated heterocycles. The van der Waals surface area contributed by atoms with Crippen LogP contribution in [0.15, 0.2) is 75.9 Å². The maximum absolute atomic E-state index is 13.4. The first-order valence-electron chi connectivity index (χ1n) is 12.2. The van der Waals surface area contributed by atoms with Gasteiger partial charge in [0.1, 0.15) is 23.2 Å². The number of fused-ring (bicyclic) bond motifs is 1. The van der Waals surface area contributed by atoms with Crippen LogP contribution in [0.5, 0.6) is 0 Å². The van der Waals surface area contributed by atoms with Crippen molar-refractivity contribution in [3.63, 3.8) is 0 Å². The van der Waals surface area contributed by atoms with Crippen molar-refractivity contribution >= 4 is 23.3 Å². The number of rotatable bonds is 5. The van der Waals surface area contributed by atoms with E-state index in [0.29, 0.717) is 43.4 Å². The molecule has 0 aliphatic carbocycles. The number of piperidine rings is 1. The Kier molecular flexibility index (Phi) is 5.69.